The Morgan fingerprint density at radius 2 is 1.86 bits per heavy atom. The van der Waals surface area contributed by atoms with Gasteiger partial charge in [-0.3, -0.25) is 9.59 Å². The van der Waals surface area contributed by atoms with Crippen molar-refractivity contribution in [1.29, 1.82) is 0 Å². The van der Waals surface area contributed by atoms with Gasteiger partial charge < -0.3 is 19.5 Å². The fourth-order valence-electron chi connectivity index (χ4n) is 7.64. The summed E-state index contributed by atoms with van der Waals surface area (Å²) in [6.45, 7) is 9.03. The van der Waals surface area contributed by atoms with Gasteiger partial charge in [0.25, 0.3) is 0 Å². The lowest BCUT2D eigenvalue weighted by Gasteiger charge is -2.52. The molecular weight excluding hydrogens is 572 g/mol. The Balaban J connectivity index is 1.28. The summed E-state index contributed by atoms with van der Waals surface area (Å²) < 4.78 is 21.4. The molecule has 4 heterocycles. The van der Waals surface area contributed by atoms with Crippen LogP contribution in [0.4, 0.5) is 10.6 Å². The average molecular weight is 616 g/mol. The second-order valence-electron chi connectivity index (χ2n) is 13.3. The molecule has 1 saturated heterocycles. The van der Waals surface area contributed by atoms with E-state index in [-0.39, 0.29) is 23.7 Å². The summed E-state index contributed by atoms with van der Waals surface area (Å²) in [6, 6.07) is -0.325. The number of Topliss-reactive ketones (excluding diaryl/α,β-unsaturated/α-hetero) is 2. The molecule has 1 amide bonds. The number of rotatable bonds is 4. The molecule has 2 saturated carbocycles. The minimum Gasteiger partial charge on any atom is -0.406 e. The first-order chi connectivity index (χ1) is 20.5. The normalized spacial score (nSPS) is 29.4. The number of ketones is 2. The smallest absolute Gasteiger partial charge is 0.406 e. The molecule has 5 aliphatic rings. The second-order valence-corrected chi connectivity index (χ2v) is 14.1. The Hall–Kier alpha value is -2.64. The zero-order valence-electron chi connectivity index (χ0n) is 25.8. The predicted molar refractivity (Wildman–Crippen MR) is 161 cm³/mol. The van der Waals surface area contributed by atoms with E-state index in [1.165, 1.54) is 11.8 Å². The van der Waals surface area contributed by atoms with E-state index < -0.39 is 28.9 Å². The summed E-state index contributed by atoms with van der Waals surface area (Å²) in [7, 11) is 0. The first-order valence-corrected chi connectivity index (χ1v) is 16.8. The molecule has 1 N–H and O–H groups in total. The Morgan fingerprint density at radius 1 is 1.14 bits per heavy atom. The maximum Gasteiger partial charge on any atom is 0.596 e. The maximum absolute atomic E-state index is 14.3. The van der Waals surface area contributed by atoms with Crippen molar-refractivity contribution in [2.45, 2.75) is 109 Å². The van der Waals surface area contributed by atoms with Crippen molar-refractivity contribution >= 4 is 46.0 Å². The number of carbonyl (C=O) groups is 3. The number of aromatic nitrogens is 3. The van der Waals surface area contributed by atoms with Gasteiger partial charge in [0.15, 0.2) is 47.3 Å². The van der Waals surface area contributed by atoms with Crippen molar-refractivity contribution in [2.75, 3.05) is 31.3 Å². The third-order valence-electron chi connectivity index (χ3n) is 9.57. The molecule has 234 valence electrons. The van der Waals surface area contributed by atoms with Crippen LogP contribution in [0.15, 0.2) is 4.99 Å². The van der Waals surface area contributed by atoms with Gasteiger partial charge in [-0.05, 0) is 59.6 Å². The van der Waals surface area contributed by atoms with Crippen LogP contribution in [0.5, 0.6) is 0 Å². The molecule has 2 unspecified atom stereocenters. The number of nitrogens with one attached hydrogen (secondary N) is 1. The lowest BCUT2D eigenvalue weighted by atomic mass is 9.57. The number of fused-ring (bicyclic) bond motifs is 2. The van der Waals surface area contributed by atoms with E-state index in [0.717, 1.165) is 31.4 Å². The average Bonchev–Trinajstić information content (AvgIpc) is 3.74. The van der Waals surface area contributed by atoms with Gasteiger partial charge in [0.2, 0.25) is 0 Å². The number of hydrogen-bond donors (Lipinski definition) is 1. The largest absolute Gasteiger partial charge is 0.596 e. The first kappa shape index (κ1) is 30.4. The van der Waals surface area contributed by atoms with Crippen molar-refractivity contribution in [3.05, 3.63) is 5.69 Å². The van der Waals surface area contributed by atoms with Crippen LogP contribution in [0, 0.1) is 11.3 Å². The standard InChI is InChI=1S/C30H43N6O6S/c1-18(20-11-9-15-35(20)27(39)42-28(2,3)4)36-25-21(33-34-36)26(43-5)32-24(31-25)22(37)19-10-8-13-29(23(19)38)12-6-7-14-30(29)40-16-17-41-30/h18-19,24,31H,6-17H2,1-5H3/q+1/t18-,19?,24?,29-/m0/s1. The molecule has 3 fully saturated rings. The predicted octanol–water partition coefficient (Wildman–Crippen LogP) is 4.12. The van der Waals surface area contributed by atoms with Crippen LogP contribution in [0.2, 0.25) is 0 Å². The zero-order valence-corrected chi connectivity index (χ0v) is 26.6. The lowest BCUT2D eigenvalue weighted by Crippen LogP contribution is -2.60. The Kier molecular flexibility index (Phi) is 8.04. The topological polar surface area (TPSA) is 137 Å². The fourth-order valence-corrected chi connectivity index (χ4v) is 8.18. The molecular formula is C30H43N6O6S+. The highest BCUT2D eigenvalue weighted by Crippen LogP contribution is 2.56. The minimum absolute atomic E-state index is 0.0617. The van der Waals surface area contributed by atoms with Crippen LogP contribution in [-0.2, 0) is 23.8 Å². The van der Waals surface area contributed by atoms with E-state index in [0.29, 0.717) is 68.4 Å². The van der Waals surface area contributed by atoms with E-state index in [9.17, 15) is 14.4 Å². The molecule has 0 radical (unpaired) electrons. The molecule has 13 heteroatoms. The highest BCUT2D eigenvalue weighted by atomic mass is 32.2. The van der Waals surface area contributed by atoms with Gasteiger partial charge in [-0.25, -0.2) is 9.67 Å². The van der Waals surface area contributed by atoms with E-state index in [4.69, 9.17) is 19.2 Å². The van der Waals surface area contributed by atoms with Crippen LogP contribution < -0.4 is 5.32 Å². The van der Waals surface area contributed by atoms with Gasteiger partial charge in [-0.15, -0.1) is 21.4 Å². The molecule has 1 aromatic rings. The van der Waals surface area contributed by atoms with Crippen molar-refractivity contribution < 1.29 is 33.2 Å². The fraction of sp³-hybridized carbons (Fsp3) is 0.767. The SMILES string of the molecule is CSC1=NC(C(=O)C2CCC[C@@]3(CCCCC34OCCO4)C2=O)Nc2c1nnn2[C@@H](C)C1=[N+](C(=O)OC(C)(C)C)CCC1. The molecule has 0 bridgehead atoms. The maximum atomic E-state index is 14.3. The summed E-state index contributed by atoms with van der Waals surface area (Å²) in [5.41, 5.74) is 0.0235. The number of amides is 1. The second kappa shape index (κ2) is 11.4. The Morgan fingerprint density at radius 3 is 2.58 bits per heavy atom. The van der Waals surface area contributed by atoms with E-state index >= 15 is 0 Å². The van der Waals surface area contributed by atoms with Gasteiger partial charge in [-0.2, -0.15) is 4.79 Å². The minimum atomic E-state index is -0.955. The van der Waals surface area contributed by atoms with Gasteiger partial charge in [0.05, 0.1) is 24.5 Å². The third-order valence-corrected chi connectivity index (χ3v) is 10.3. The summed E-state index contributed by atoms with van der Waals surface area (Å²) in [5, 5.41) is 12.7. The summed E-state index contributed by atoms with van der Waals surface area (Å²) in [4.78, 5) is 46.2. The van der Waals surface area contributed by atoms with Crippen molar-refractivity contribution in [3.63, 3.8) is 0 Å². The molecule has 0 aromatic carbocycles. The quantitative estimate of drug-likeness (QED) is 0.389. The van der Waals surface area contributed by atoms with Gasteiger partial charge in [0, 0.05) is 19.3 Å². The van der Waals surface area contributed by atoms with Gasteiger partial charge in [-0.1, -0.05) is 18.1 Å². The summed E-state index contributed by atoms with van der Waals surface area (Å²) in [6.07, 6.45) is 7.23. The Bertz CT molecular complexity index is 1370. The van der Waals surface area contributed by atoms with Crippen LogP contribution >= 0.6 is 11.8 Å². The molecule has 1 aromatic heterocycles. The molecule has 12 nitrogen and oxygen atoms in total. The van der Waals surface area contributed by atoms with Crippen molar-refractivity contribution in [1.82, 2.24) is 15.0 Å². The number of thioether (sulfide) groups is 1. The van der Waals surface area contributed by atoms with Crippen LogP contribution in [-0.4, -0.2) is 91.6 Å². The number of ether oxygens (including phenoxy) is 3. The zero-order chi connectivity index (χ0) is 30.6. The molecule has 2 aliphatic carbocycles. The molecule has 6 rings (SSSR count). The summed E-state index contributed by atoms with van der Waals surface area (Å²) >= 11 is 1.39. The highest BCUT2D eigenvalue weighted by molar-refractivity contribution is 8.13. The van der Waals surface area contributed by atoms with Gasteiger partial charge in [0.1, 0.15) is 16.7 Å². The van der Waals surface area contributed by atoms with Crippen molar-refractivity contribution in [3.8, 4) is 0 Å². The van der Waals surface area contributed by atoms with Crippen LogP contribution in [0.25, 0.3) is 0 Å². The Labute approximate surface area is 256 Å². The number of carbonyl (C=O) groups excluding carboxylic acids is 3. The van der Waals surface area contributed by atoms with E-state index in [2.05, 4.69) is 15.6 Å². The first-order valence-electron chi connectivity index (χ1n) is 15.6. The number of hydrogen-bond acceptors (Lipinski definition) is 11. The molecule has 4 atom stereocenters. The van der Waals surface area contributed by atoms with Gasteiger partial charge >= 0.3 is 6.09 Å². The van der Waals surface area contributed by atoms with E-state index in [1.807, 2.05) is 34.0 Å². The van der Waals surface area contributed by atoms with Crippen LogP contribution in [0.1, 0.15) is 97.2 Å². The highest BCUT2D eigenvalue weighted by Gasteiger charge is 2.64. The molecule has 43 heavy (non-hydrogen) atoms. The molecule has 2 spiro atoms. The number of nitrogens with zero attached hydrogens (tertiary/aromatic N) is 5. The number of anilines is 1. The lowest BCUT2D eigenvalue weighted by molar-refractivity contribution is -0.444. The molecule has 3 aliphatic heterocycles. The van der Waals surface area contributed by atoms with Crippen LogP contribution in [0.3, 0.4) is 0 Å². The monoisotopic (exact) mass is 615 g/mol. The summed E-state index contributed by atoms with van der Waals surface area (Å²) in [5.74, 6) is -1.46. The number of aliphatic imine (C=N–C) groups is 1. The third kappa shape index (κ3) is 5.14. The van der Waals surface area contributed by atoms with E-state index in [1.54, 1.807) is 9.26 Å². The van der Waals surface area contributed by atoms with Crippen molar-refractivity contribution in [2.24, 2.45) is 16.3 Å².